The van der Waals surface area contributed by atoms with Gasteiger partial charge in [0.05, 0.1) is 0 Å². The molecule has 0 saturated heterocycles. The van der Waals surface area contributed by atoms with Crippen molar-refractivity contribution in [3.8, 4) is 0 Å². The van der Waals surface area contributed by atoms with Crippen molar-refractivity contribution in [2.24, 2.45) is 5.92 Å². The van der Waals surface area contributed by atoms with Gasteiger partial charge in [0.2, 0.25) is 0 Å². The molecule has 2 atom stereocenters. The fourth-order valence-corrected chi connectivity index (χ4v) is 2.19. The maximum Gasteiger partial charge on any atom is 0.123 e. The van der Waals surface area contributed by atoms with Crippen LogP contribution in [0.4, 0.5) is 4.39 Å². The van der Waals surface area contributed by atoms with Crippen LogP contribution in [0.1, 0.15) is 30.5 Å². The molecule has 3 heteroatoms. The molecule has 0 saturated carbocycles. The van der Waals surface area contributed by atoms with Gasteiger partial charge in [-0.05, 0) is 49.6 Å². The summed E-state index contributed by atoms with van der Waals surface area (Å²) in [6.07, 6.45) is 0.956. The normalized spacial score (nSPS) is 14.6. The SMILES string of the molecule is CNC(c1cc(C)cc(F)c1)C(C)CCOC. The molecular weight excluding hydrogens is 217 g/mol. The first-order valence-electron chi connectivity index (χ1n) is 6.01. The Morgan fingerprint density at radius 1 is 1.35 bits per heavy atom. The van der Waals surface area contributed by atoms with Crippen molar-refractivity contribution in [2.45, 2.75) is 26.3 Å². The number of benzene rings is 1. The second-order valence-corrected chi connectivity index (χ2v) is 4.59. The summed E-state index contributed by atoms with van der Waals surface area (Å²) in [6.45, 7) is 4.80. The molecule has 2 unspecified atom stereocenters. The summed E-state index contributed by atoms with van der Waals surface area (Å²) >= 11 is 0. The zero-order valence-corrected chi connectivity index (χ0v) is 11.1. The molecule has 0 bridgehead atoms. The molecule has 17 heavy (non-hydrogen) atoms. The molecule has 0 aromatic heterocycles. The summed E-state index contributed by atoms with van der Waals surface area (Å²) in [5, 5.41) is 3.26. The number of hydrogen-bond acceptors (Lipinski definition) is 2. The first-order valence-corrected chi connectivity index (χ1v) is 6.01. The first kappa shape index (κ1) is 14.1. The molecule has 1 rings (SSSR count). The van der Waals surface area contributed by atoms with Gasteiger partial charge in [0.15, 0.2) is 0 Å². The Balaban J connectivity index is 2.84. The van der Waals surface area contributed by atoms with Gasteiger partial charge in [-0.25, -0.2) is 4.39 Å². The third kappa shape index (κ3) is 4.10. The quantitative estimate of drug-likeness (QED) is 0.823. The highest BCUT2D eigenvalue weighted by molar-refractivity contribution is 5.26. The average molecular weight is 239 g/mol. The summed E-state index contributed by atoms with van der Waals surface area (Å²) in [5.41, 5.74) is 1.97. The fraction of sp³-hybridized carbons (Fsp3) is 0.571. The lowest BCUT2D eigenvalue weighted by Gasteiger charge is -2.24. The summed E-state index contributed by atoms with van der Waals surface area (Å²) in [6, 6.07) is 5.36. The lowest BCUT2D eigenvalue weighted by Crippen LogP contribution is -2.24. The Bertz CT molecular complexity index is 334. The predicted octanol–water partition coefficient (Wildman–Crippen LogP) is 3.07. The standard InChI is InChI=1S/C14H22FNO/c1-10-7-12(9-13(15)8-10)14(16-3)11(2)5-6-17-4/h7-9,11,14,16H,5-6H2,1-4H3. The van der Waals surface area contributed by atoms with Crippen LogP contribution in [0.2, 0.25) is 0 Å². The molecule has 0 radical (unpaired) electrons. The molecule has 0 heterocycles. The largest absolute Gasteiger partial charge is 0.385 e. The monoisotopic (exact) mass is 239 g/mol. The number of ether oxygens (including phenoxy) is 1. The second kappa shape index (κ2) is 6.72. The molecule has 0 aliphatic carbocycles. The van der Waals surface area contributed by atoms with Crippen molar-refractivity contribution in [3.63, 3.8) is 0 Å². The zero-order valence-electron chi connectivity index (χ0n) is 11.1. The third-order valence-corrected chi connectivity index (χ3v) is 3.08. The summed E-state index contributed by atoms with van der Waals surface area (Å²) in [4.78, 5) is 0. The molecule has 1 aromatic carbocycles. The maximum atomic E-state index is 13.4. The van der Waals surface area contributed by atoms with Gasteiger partial charge in [-0.15, -0.1) is 0 Å². The Morgan fingerprint density at radius 2 is 2.06 bits per heavy atom. The maximum absolute atomic E-state index is 13.4. The molecule has 0 aliphatic rings. The highest BCUT2D eigenvalue weighted by Crippen LogP contribution is 2.25. The molecule has 0 fully saturated rings. The minimum Gasteiger partial charge on any atom is -0.385 e. The van der Waals surface area contributed by atoms with Crippen molar-refractivity contribution >= 4 is 0 Å². The molecule has 0 amide bonds. The van der Waals surface area contributed by atoms with E-state index in [0.29, 0.717) is 5.92 Å². The van der Waals surface area contributed by atoms with Crippen LogP contribution in [0.15, 0.2) is 18.2 Å². The molecule has 0 spiro atoms. The number of methoxy groups -OCH3 is 1. The fourth-order valence-electron chi connectivity index (χ4n) is 2.19. The average Bonchev–Trinajstić information content (AvgIpc) is 2.26. The zero-order chi connectivity index (χ0) is 12.8. The third-order valence-electron chi connectivity index (χ3n) is 3.08. The van der Waals surface area contributed by atoms with E-state index < -0.39 is 0 Å². The van der Waals surface area contributed by atoms with E-state index in [2.05, 4.69) is 12.2 Å². The van der Waals surface area contributed by atoms with Crippen molar-refractivity contribution in [1.29, 1.82) is 0 Å². The van der Waals surface area contributed by atoms with Gasteiger partial charge in [0.25, 0.3) is 0 Å². The van der Waals surface area contributed by atoms with E-state index in [0.717, 1.165) is 24.2 Å². The van der Waals surface area contributed by atoms with Gasteiger partial charge in [-0.1, -0.05) is 13.0 Å². The van der Waals surface area contributed by atoms with E-state index in [1.54, 1.807) is 19.2 Å². The van der Waals surface area contributed by atoms with Gasteiger partial charge in [0.1, 0.15) is 5.82 Å². The van der Waals surface area contributed by atoms with Gasteiger partial charge in [0, 0.05) is 19.8 Å². The van der Waals surface area contributed by atoms with Crippen LogP contribution in [0.25, 0.3) is 0 Å². The van der Waals surface area contributed by atoms with E-state index in [4.69, 9.17) is 4.74 Å². The molecule has 2 nitrogen and oxygen atoms in total. The minimum atomic E-state index is -0.167. The smallest absolute Gasteiger partial charge is 0.123 e. The number of halogens is 1. The second-order valence-electron chi connectivity index (χ2n) is 4.59. The Labute approximate surface area is 103 Å². The number of rotatable bonds is 6. The highest BCUT2D eigenvalue weighted by atomic mass is 19.1. The van der Waals surface area contributed by atoms with Crippen molar-refractivity contribution < 1.29 is 9.13 Å². The molecular formula is C14H22FNO. The van der Waals surface area contributed by atoms with Crippen LogP contribution < -0.4 is 5.32 Å². The number of aryl methyl sites for hydroxylation is 1. The molecule has 0 aliphatic heterocycles. The minimum absolute atomic E-state index is 0.166. The van der Waals surface area contributed by atoms with E-state index in [1.165, 1.54) is 0 Å². The lowest BCUT2D eigenvalue weighted by atomic mass is 9.91. The number of hydrogen-bond donors (Lipinski definition) is 1. The molecule has 1 N–H and O–H groups in total. The van der Waals surface area contributed by atoms with Gasteiger partial charge in [-0.2, -0.15) is 0 Å². The van der Waals surface area contributed by atoms with Crippen LogP contribution >= 0.6 is 0 Å². The Morgan fingerprint density at radius 3 is 2.59 bits per heavy atom. The highest BCUT2D eigenvalue weighted by Gasteiger charge is 2.18. The topological polar surface area (TPSA) is 21.3 Å². The van der Waals surface area contributed by atoms with E-state index >= 15 is 0 Å². The van der Waals surface area contributed by atoms with Crippen molar-refractivity contribution in [1.82, 2.24) is 5.32 Å². The van der Waals surface area contributed by atoms with E-state index in [9.17, 15) is 4.39 Å². The van der Waals surface area contributed by atoms with Gasteiger partial charge < -0.3 is 10.1 Å². The van der Waals surface area contributed by atoms with Crippen LogP contribution in [0.5, 0.6) is 0 Å². The van der Waals surface area contributed by atoms with Crippen LogP contribution in [-0.4, -0.2) is 20.8 Å². The van der Waals surface area contributed by atoms with Crippen molar-refractivity contribution in [3.05, 3.63) is 35.1 Å². The van der Waals surface area contributed by atoms with E-state index in [1.807, 2.05) is 20.0 Å². The van der Waals surface area contributed by atoms with Crippen LogP contribution in [0, 0.1) is 18.7 Å². The molecule has 96 valence electrons. The van der Waals surface area contributed by atoms with Gasteiger partial charge in [-0.3, -0.25) is 0 Å². The predicted molar refractivity (Wildman–Crippen MR) is 68.6 cm³/mol. The van der Waals surface area contributed by atoms with Crippen molar-refractivity contribution in [2.75, 3.05) is 20.8 Å². The Kier molecular flexibility index (Phi) is 5.59. The van der Waals surface area contributed by atoms with E-state index in [-0.39, 0.29) is 11.9 Å². The summed E-state index contributed by atoms with van der Waals surface area (Å²) < 4.78 is 18.5. The van der Waals surface area contributed by atoms with Crippen LogP contribution in [-0.2, 0) is 4.74 Å². The molecule has 1 aromatic rings. The van der Waals surface area contributed by atoms with Crippen LogP contribution in [0.3, 0.4) is 0 Å². The van der Waals surface area contributed by atoms with Gasteiger partial charge >= 0.3 is 0 Å². The summed E-state index contributed by atoms with van der Waals surface area (Å²) in [5.74, 6) is 0.236. The summed E-state index contributed by atoms with van der Waals surface area (Å²) in [7, 11) is 3.61. The Hall–Kier alpha value is -0.930. The number of nitrogens with one attached hydrogen (secondary N) is 1. The first-order chi connectivity index (χ1) is 8.08. The lowest BCUT2D eigenvalue weighted by molar-refractivity contribution is 0.171.